The van der Waals surface area contributed by atoms with Gasteiger partial charge in [0.2, 0.25) is 0 Å². The van der Waals surface area contributed by atoms with E-state index < -0.39 is 0 Å². The highest BCUT2D eigenvalue weighted by molar-refractivity contribution is 4.81. The Balaban J connectivity index is 1.98. The van der Waals surface area contributed by atoms with E-state index in [1.807, 2.05) is 0 Å². The third-order valence-corrected chi connectivity index (χ3v) is 1.97. The van der Waals surface area contributed by atoms with Gasteiger partial charge in [0.1, 0.15) is 0 Å². The summed E-state index contributed by atoms with van der Waals surface area (Å²) in [5.41, 5.74) is 5.60. The van der Waals surface area contributed by atoms with Crippen LogP contribution < -0.4 is 5.73 Å². The smallest absolute Gasteiger partial charge is 0.00441 e. The lowest BCUT2D eigenvalue weighted by Crippen LogP contribution is -2.35. The zero-order chi connectivity index (χ0) is 5.98. The first-order valence-electron chi connectivity index (χ1n) is 3.58. The first kappa shape index (κ1) is 6.09. The molecule has 1 aliphatic rings. The van der Waals surface area contributed by atoms with Crippen molar-refractivity contribution in [3.8, 4) is 0 Å². The lowest BCUT2D eigenvalue weighted by Gasteiger charge is -2.31. The van der Waals surface area contributed by atoms with Gasteiger partial charge in [0.15, 0.2) is 0 Å². The van der Waals surface area contributed by atoms with Crippen molar-refractivity contribution in [1.29, 1.82) is 0 Å². The van der Waals surface area contributed by atoms with E-state index in [0.29, 0.717) is 6.04 Å². The Bertz CT molecular complexity index is 62.0. The minimum Gasteiger partial charge on any atom is -0.328 e. The van der Waals surface area contributed by atoms with Crippen molar-refractivity contribution in [2.45, 2.75) is 38.6 Å². The quantitative estimate of drug-likeness (QED) is 0.577. The van der Waals surface area contributed by atoms with E-state index in [-0.39, 0.29) is 0 Å². The molecule has 0 bridgehead atoms. The maximum Gasteiger partial charge on any atom is 0.00441 e. The van der Waals surface area contributed by atoms with Crippen LogP contribution >= 0.6 is 0 Å². The zero-order valence-electron chi connectivity index (χ0n) is 5.56. The fraction of sp³-hybridized carbons (Fsp3) is 1.00. The fourth-order valence-corrected chi connectivity index (χ4v) is 1.43. The van der Waals surface area contributed by atoms with Crippen molar-refractivity contribution in [3.63, 3.8) is 0 Å². The summed E-state index contributed by atoms with van der Waals surface area (Å²) >= 11 is 0. The van der Waals surface area contributed by atoms with E-state index in [4.69, 9.17) is 5.73 Å². The molecule has 0 amide bonds. The molecule has 0 aromatic rings. The van der Waals surface area contributed by atoms with Gasteiger partial charge in [-0.2, -0.15) is 0 Å². The van der Waals surface area contributed by atoms with Crippen LogP contribution in [0, 0.1) is 5.92 Å². The van der Waals surface area contributed by atoms with Gasteiger partial charge in [0, 0.05) is 6.04 Å². The first-order chi connectivity index (χ1) is 3.83. The highest BCUT2D eigenvalue weighted by Crippen LogP contribution is 2.29. The molecular formula is C7H15N. The van der Waals surface area contributed by atoms with Crippen molar-refractivity contribution in [3.05, 3.63) is 0 Å². The maximum absolute atomic E-state index is 5.60. The number of hydrogen-bond acceptors (Lipinski definition) is 1. The summed E-state index contributed by atoms with van der Waals surface area (Å²) in [5.74, 6) is 0.981. The van der Waals surface area contributed by atoms with Gasteiger partial charge in [-0.15, -0.1) is 0 Å². The highest BCUT2D eigenvalue weighted by Gasteiger charge is 2.24. The molecule has 1 saturated carbocycles. The first-order valence-corrected chi connectivity index (χ1v) is 3.58. The van der Waals surface area contributed by atoms with E-state index in [2.05, 4.69) is 6.92 Å². The van der Waals surface area contributed by atoms with E-state index in [9.17, 15) is 0 Å². The number of rotatable bonds is 2. The predicted molar refractivity (Wildman–Crippen MR) is 35.6 cm³/mol. The molecule has 0 aromatic carbocycles. The minimum absolute atomic E-state index is 0.548. The molecule has 0 atom stereocenters. The summed E-state index contributed by atoms with van der Waals surface area (Å²) < 4.78 is 0. The van der Waals surface area contributed by atoms with Gasteiger partial charge in [-0.3, -0.25) is 0 Å². The lowest BCUT2D eigenvalue weighted by molar-refractivity contribution is 0.248. The second-order valence-corrected chi connectivity index (χ2v) is 2.89. The molecule has 1 aliphatic carbocycles. The van der Waals surface area contributed by atoms with Gasteiger partial charge in [0.05, 0.1) is 0 Å². The molecule has 0 spiro atoms. The Hall–Kier alpha value is -0.0400. The molecule has 48 valence electrons. The van der Waals surface area contributed by atoms with Crippen LogP contribution in [-0.4, -0.2) is 6.04 Å². The monoisotopic (exact) mass is 113 g/mol. The number of nitrogens with two attached hydrogens (primary N) is 1. The molecule has 0 heterocycles. The van der Waals surface area contributed by atoms with E-state index >= 15 is 0 Å². The summed E-state index contributed by atoms with van der Waals surface area (Å²) in [4.78, 5) is 0. The van der Waals surface area contributed by atoms with Crippen molar-refractivity contribution >= 4 is 0 Å². The van der Waals surface area contributed by atoms with Crippen molar-refractivity contribution in [2.24, 2.45) is 11.7 Å². The van der Waals surface area contributed by atoms with Gasteiger partial charge < -0.3 is 5.73 Å². The third-order valence-electron chi connectivity index (χ3n) is 1.97. The second kappa shape index (κ2) is 2.49. The normalized spacial score (nSPS) is 36.8. The largest absolute Gasteiger partial charge is 0.328 e. The number of hydrogen-bond donors (Lipinski definition) is 1. The van der Waals surface area contributed by atoms with Crippen molar-refractivity contribution < 1.29 is 0 Å². The standard InChI is InChI=1S/C7H15N/c1-2-3-6-4-7(8)5-6/h6-7H,2-5,8H2,1H3/t6-,7-. The van der Waals surface area contributed by atoms with Gasteiger partial charge in [0.25, 0.3) is 0 Å². The molecule has 0 aliphatic heterocycles. The van der Waals surface area contributed by atoms with Crippen LogP contribution in [0.3, 0.4) is 0 Å². The van der Waals surface area contributed by atoms with Gasteiger partial charge >= 0.3 is 0 Å². The summed E-state index contributed by atoms with van der Waals surface area (Å²) in [6.45, 7) is 2.24. The van der Waals surface area contributed by atoms with Crippen molar-refractivity contribution in [1.82, 2.24) is 0 Å². The average molecular weight is 113 g/mol. The Morgan fingerprint density at radius 2 is 2.12 bits per heavy atom. The summed E-state index contributed by atoms with van der Waals surface area (Å²) in [5, 5.41) is 0. The van der Waals surface area contributed by atoms with Crippen LogP contribution in [0.1, 0.15) is 32.6 Å². The van der Waals surface area contributed by atoms with Crippen molar-refractivity contribution in [2.75, 3.05) is 0 Å². The maximum atomic E-state index is 5.60. The molecule has 1 fully saturated rings. The summed E-state index contributed by atoms with van der Waals surface area (Å²) in [7, 11) is 0. The summed E-state index contributed by atoms with van der Waals surface area (Å²) in [6, 6.07) is 0.548. The van der Waals surface area contributed by atoms with Crippen LogP contribution in [-0.2, 0) is 0 Å². The Morgan fingerprint density at radius 3 is 2.50 bits per heavy atom. The Kier molecular flexibility index (Phi) is 1.90. The van der Waals surface area contributed by atoms with Gasteiger partial charge in [-0.25, -0.2) is 0 Å². The van der Waals surface area contributed by atoms with Crippen LogP contribution in [0.15, 0.2) is 0 Å². The molecule has 1 rings (SSSR count). The Labute approximate surface area is 51.3 Å². The molecule has 1 nitrogen and oxygen atoms in total. The average Bonchev–Trinajstić information content (AvgIpc) is 1.64. The molecule has 1 heteroatoms. The lowest BCUT2D eigenvalue weighted by atomic mass is 9.78. The second-order valence-electron chi connectivity index (χ2n) is 2.89. The van der Waals surface area contributed by atoms with E-state index in [1.165, 1.54) is 25.7 Å². The van der Waals surface area contributed by atoms with E-state index in [0.717, 1.165) is 5.92 Å². The Morgan fingerprint density at radius 1 is 1.50 bits per heavy atom. The van der Waals surface area contributed by atoms with E-state index in [1.54, 1.807) is 0 Å². The zero-order valence-corrected chi connectivity index (χ0v) is 5.56. The molecule has 0 saturated heterocycles. The minimum atomic E-state index is 0.548. The van der Waals surface area contributed by atoms with Crippen LogP contribution in [0.2, 0.25) is 0 Å². The SMILES string of the molecule is CCC[C@H]1C[C@H](N)C1. The molecular weight excluding hydrogens is 98.1 g/mol. The van der Waals surface area contributed by atoms with Gasteiger partial charge in [-0.1, -0.05) is 19.8 Å². The predicted octanol–water partition coefficient (Wildman–Crippen LogP) is 1.52. The molecule has 2 N–H and O–H groups in total. The highest BCUT2D eigenvalue weighted by atomic mass is 14.7. The summed E-state index contributed by atoms with van der Waals surface area (Å²) in [6.07, 6.45) is 5.30. The fourth-order valence-electron chi connectivity index (χ4n) is 1.43. The van der Waals surface area contributed by atoms with Crippen LogP contribution in [0.25, 0.3) is 0 Å². The third kappa shape index (κ3) is 1.22. The molecule has 0 radical (unpaired) electrons. The van der Waals surface area contributed by atoms with Crippen LogP contribution in [0.4, 0.5) is 0 Å². The van der Waals surface area contributed by atoms with Gasteiger partial charge in [-0.05, 0) is 18.8 Å². The van der Waals surface area contributed by atoms with Crippen LogP contribution in [0.5, 0.6) is 0 Å². The topological polar surface area (TPSA) is 26.0 Å². The molecule has 8 heavy (non-hydrogen) atoms. The molecule has 0 aromatic heterocycles. The molecule has 0 unspecified atom stereocenters.